The van der Waals surface area contributed by atoms with Gasteiger partial charge in [-0.05, 0) is 42.8 Å². The maximum absolute atomic E-state index is 13.6. The molecule has 0 fully saturated rings. The van der Waals surface area contributed by atoms with Crippen molar-refractivity contribution in [1.82, 2.24) is 0 Å². The van der Waals surface area contributed by atoms with E-state index in [-0.39, 0.29) is 11.7 Å². The van der Waals surface area contributed by atoms with E-state index in [0.29, 0.717) is 10.2 Å². The van der Waals surface area contributed by atoms with Gasteiger partial charge in [-0.1, -0.05) is 28.1 Å². The molecule has 2 rings (SSSR count). The molecule has 6 heteroatoms. The summed E-state index contributed by atoms with van der Waals surface area (Å²) in [5.41, 5.74) is 7.40. The number of rotatable bonds is 3. The van der Waals surface area contributed by atoms with Gasteiger partial charge in [-0.2, -0.15) is 0 Å². The van der Waals surface area contributed by atoms with Gasteiger partial charge in [0.2, 0.25) is 0 Å². The van der Waals surface area contributed by atoms with Gasteiger partial charge in [0.15, 0.2) is 0 Å². The number of carbonyl (C=O) groups excluding carboxylic acids is 1. The third-order valence-electron chi connectivity index (χ3n) is 2.85. The first-order valence-corrected chi connectivity index (χ1v) is 7.13. The standard InChI is InChI=1S/C15H15BrFN3O/c1-9(18)10-3-2-4-12(7-10)19-15(21)20-14-6-5-11(16)8-13(14)17/h2-9H,18H2,1H3,(H2,19,20,21). The van der Waals surface area contributed by atoms with Crippen molar-refractivity contribution in [2.24, 2.45) is 5.73 Å². The van der Waals surface area contributed by atoms with E-state index in [1.807, 2.05) is 13.0 Å². The molecule has 0 aliphatic heterocycles. The number of carbonyl (C=O) groups is 1. The fourth-order valence-corrected chi connectivity index (χ4v) is 2.11. The van der Waals surface area contributed by atoms with Crippen LogP contribution in [0.25, 0.3) is 0 Å². The van der Waals surface area contributed by atoms with Gasteiger partial charge in [0.25, 0.3) is 0 Å². The van der Waals surface area contributed by atoms with E-state index in [1.165, 1.54) is 12.1 Å². The number of nitrogens with one attached hydrogen (secondary N) is 2. The number of urea groups is 1. The van der Waals surface area contributed by atoms with E-state index in [0.717, 1.165) is 5.56 Å². The van der Waals surface area contributed by atoms with Crippen LogP contribution < -0.4 is 16.4 Å². The summed E-state index contributed by atoms with van der Waals surface area (Å²) in [6.07, 6.45) is 0. The number of amides is 2. The zero-order valence-corrected chi connectivity index (χ0v) is 12.9. The highest BCUT2D eigenvalue weighted by Crippen LogP contribution is 2.20. The van der Waals surface area contributed by atoms with E-state index in [2.05, 4.69) is 26.6 Å². The van der Waals surface area contributed by atoms with Crippen LogP contribution in [0.4, 0.5) is 20.6 Å². The molecule has 2 aromatic carbocycles. The summed E-state index contributed by atoms with van der Waals surface area (Å²) in [4.78, 5) is 11.9. The van der Waals surface area contributed by atoms with Crippen molar-refractivity contribution in [3.63, 3.8) is 0 Å². The fraction of sp³-hybridized carbons (Fsp3) is 0.133. The smallest absolute Gasteiger partial charge is 0.323 e. The van der Waals surface area contributed by atoms with Crippen molar-refractivity contribution in [1.29, 1.82) is 0 Å². The number of hydrogen-bond acceptors (Lipinski definition) is 2. The predicted octanol–water partition coefficient (Wildman–Crippen LogP) is 4.25. The molecule has 0 bridgehead atoms. The normalized spacial score (nSPS) is 11.8. The molecular formula is C15H15BrFN3O. The molecule has 2 aromatic rings. The summed E-state index contributed by atoms with van der Waals surface area (Å²) in [6, 6.07) is 11.0. The molecule has 0 saturated carbocycles. The Balaban J connectivity index is 2.06. The van der Waals surface area contributed by atoms with Crippen molar-refractivity contribution < 1.29 is 9.18 Å². The molecule has 1 unspecified atom stereocenters. The van der Waals surface area contributed by atoms with Gasteiger partial charge in [0, 0.05) is 16.2 Å². The van der Waals surface area contributed by atoms with Crippen LogP contribution in [0.5, 0.6) is 0 Å². The molecule has 2 amide bonds. The van der Waals surface area contributed by atoms with Crippen molar-refractivity contribution in [2.75, 3.05) is 10.6 Å². The Kier molecular flexibility index (Phi) is 4.93. The Morgan fingerprint density at radius 1 is 1.24 bits per heavy atom. The lowest BCUT2D eigenvalue weighted by Crippen LogP contribution is -2.20. The summed E-state index contributed by atoms with van der Waals surface area (Å²) in [5, 5.41) is 5.10. The molecule has 0 radical (unpaired) electrons. The molecule has 0 saturated heterocycles. The maximum atomic E-state index is 13.6. The minimum Gasteiger partial charge on any atom is -0.324 e. The van der Waals surface area contributed by atoms with Crippen LogP contribution in [-0.2, 0) is 0 Å². The number of nitrogens with two attached hydrogens (primary N) is 1. The van der Waals surface area contributed by atoms with Crippen molar-refractivity contribution in [3.05, 3.63) is 58.3 Å². The quantitative estimate of drug-likeness (QED) is 0.773. The average Bonchev–Trinajstić information content (AvgIpc) is 2.42. The first kappa shape index (κ1) is 15.5. The SMILES string of the molecule is CC(N)c1cccc(NC(=O)Nc2ccc(Br)cc2F)c1. The Morgan fingerprint density at radius 3 is 2.67 bits per heavy atom. The summed E-state index contributed by atoms with van der Waals surface area (Å²) in [7, 11) is 0. The highest BCUT2D eigenvalue weighted by Gasteiger charge is 2.08. The van der Waals surface area contributed by atoms with E-state index < -0.39 is 11.8 Å². The maximum Gasteiger partial charge on any atom is 0.323 e. The Hall–Kier alpha value is -1.92. The third kappa shape index (κ3) is 4.27. The number of benzene rings is 2. The topological polar surface area (TPSA) is 67.1 Å². The first-order valence-electron chi connectivity index (χ1n) is 6.34. The lowest BCUT2D eigenvalue weighted by molar-refractivity contribution is 0.262. The Labute approximate surface area is 130 Å². The lowest BCUT2D eigenvalue weighted by atomic mass is 10.1. The van der Waals surface area contributed by atoms with Crippen LogP contribution in [0, 0.1) is 5.82 Å². The zero-order chi connectivity index (χ0) is 15.4. The minimum absolute atomic E-state index is 0.110. The number of halogens is 2. The second-order valence-electron chi connectivity index (χ2n) is 4.62. The van der Waals surface area contributed by atoms with Crippen molar-refractivity contribution in [2.45, 2.75) is 13.0 Å². The molecule has 21 heavy (non-hydrogen) atoms. The summed E-state index contributed by atoms with van der Waals surface area (Å²) < 4.78 is 14.2. The number of hydrogen-bond donors (Lipinski definition) is 3. The molecule has 110 valence electrons. The largest absolute Gasteiger partial charge is 0.324 e. The third-order valence-corrected chi connectivity index (χ3v) is 3.34. The van der Waals surface area contributed by atoms with E-state index in [1.54, 1.807) is 24.3 Å². The van der Waals surface area contributed by atoms with Crippen LogP contribution in [0.3, 0.4) is 0 Å². The Morgan fingerprint density at radius 2 is 2.00 bits per heavy atom. The first-order chi connectivity index (χ1) is 9.95. The second-order valence-corrected chi connectivity index (χ2v) is 5.53. The Bertz CT molecular complexity index is 661. The molecule has 0 aliphatic rings. The monoisotopic (exact) mass is 351 g/mol. The van der Waals surface area contributed by atoms with E-state index in [4.69, 9.17) is 5.73 Å². The fourth-order valence-electron chi connectivity index (χ4n) is 1.78. The highest BCUT2D eigenvalue weighted by molar-refractivity contribution is 9.10. The lowest BCUT2D eigenvalue weighted by Gasteiger charge is -2.11. The van der Waals surface area contributed by atoms with E-state index in [9.17, 15) is 9.18 Å². The van der Waals surface area contributed by atoms with Gasteiger partial charge in [-0.3, -0.25) is 0 Å². The molecule has 0 heterocycles. The van der Waals surface area contributed by atoms with Crippen LogP contribution in [0.15, 0.2) is 46.9 Å². The molecule has 0 aliphatic carbocycles. The molecule has 0 spiro atoms. The van der Waals surface area contributed by atoms with Gasteiger partial charge < -0.3 is 16.4 Å². The highest BCUT2D eigenvalue weighted by atomic mass is 79.9. The average molecular weight is 352 g/mol. The van der Waals surface area contributed by atoms with Gasteiger partial charge in [0.1, 0.15) is 5.82 Å². The van der Waals surface area contributed by atoms with Gasteiger partial charge in [-0.25, -0.2) is 9.18 Å². The minimum atomic E-state index is -0.516. The van der Waals surface area contributed by atoms with Crippen LogP contribution in [-0.4, -0.2) is 6.03 Å². The molecule has 1 atom stereocenters. The molecule has 0 aromatic heterocycles. The van der Waals surface area contributed by atoms with Crippen LogP contribution in [0.2, 0.25) is 0 Å². The molecule has 4 nitrogen and oxygen atoms in total. The molecule has 4 N–H and O–H groups in total. The summed E-state index contributed by atoms with van der Waals surface area (Å²) >= 11 is 3.16. The van der Waals surface area contributed by atoms with Gasteiger partial charge >= 0.3 is 6.03 Å². The summed E-state index contributed by atoms with van der Waals surface area (Å²) in [5.74, 6) is -0.510. The van der Waals surface area contributed by atoms with Gasteiger partial charge in [-0.15, -0.1) is 0 Å². The van der Waals surface area contributed by atoms with E-state index >= 15 is 0 Å². The molecular weight excluding hydrogens is 337 g/mol. The van der Waals surface area contributed by atoms with Crippen molar-refractivity contribution in [3.8, 4) is 0 Å². The number of anilines is 2. The van der Waals surface area contributed by atoms with Crippen LogP contribution in [0.1, 0.15) is 18.5 Å². The van der Waals surface area contributed by atoms with Crippen LogP contribution >= 0.6 is 15.9 Å². The van der Waals surface area contributed by atoms with Crippen molar-refractivity contribution >= 4 is 33.3 Å². The second kappa shape index (κ2) is 6.69. The summed E-state index contributed by atoms with van der Waals surface area (Å²) in [6.45, 7) is 1.86. The predicted molar refractivity (Wildman–Crippen MR) is 85.8 cm³/mol. The zero-order valence-electron chi connectivity index (χ0n) is 11.4. The van der Waals surface area contributed by atoms with Gasteiger partial charge in [0.05, 0.1) is 5.69 Å².